The summed E-state index contributed by atoms with van der Waals surface area (Å²) in [7, 11) is 1.63. The number of nitrogens with one attached hydrogen (secondary N) is 1. The monoisotopic (exact) mass is 392 g/mol. The van der Waals surface area contributed by atoms with Crippen LogP contribution in [0.4, 0.5) is 0 Å². The van der Waals surface area contributed by atoms with E-state index in [0.717, 1.165) is 32.1 Å². The maximum absolute atomic E-state index is 12.3. The number of nitrogens with zero attached hydrogens (tertiary/aromatic N) is 1. The molecule has 2 aromatic heterocycles. The minimum absolute atomic E-state index is 0.0659. The molecule has 0 saturated heterocycles. The van der Waals surface area contributed by atoms with Crippen molar-refractivity contribution in [3.8, 4) is 16.5 Å². The van der Waals surface area contributed by atoms with Crippen LogP contribution in [0.3, 0.4) is 0 Å². The van der Waals surface area contributed by atoms with E-state index in [2.05, 4.69) is 10.3 Å². The number of benzene rings is 2. The molecule has 0 atom stereocenters. The van der Waals surface area contributed by atoms with Crippen LogP contribution in [0.15, 0.2) is 59.0 Å². The molecular weight excluding hydrogens is 372 g/mol. The highest BCUT2D eigenvalue weighted by Crippen LogP contribution is 2.31. The maximum Gasteiger partial charge on any atom is 0.224 e. The van der Waals surface area contributed by atoms with E-state index in [9.17, 15) is 4.79 Å². The summed E-state index contributed by atoms with van der Waals surface area (Å²) in [4.78, 5) is 16.9. The second-order valence-electron chi connectivity index (χ2n) is 6.51. The summed E-state index contributed by atoms with van der Waals surface area (Å²) < 4.78 is 12.3. The van der Waals surface area contributed by atoms with Crippen molar-refractivity contribution >= 4 is 27.5 Å². The number of fused-ring (bicyclic) bond motifs is 1. The minimum atomic E-state index is -0.0659. The first-order chi connectivity index (χ1) is 13.6. The number of carbonyl (C=O) groups is 1. The van der Waals surface area contributed by atoms with E-state index in [0.29, 0.717) is 24.5 Å². The first kappa shape index (κ1) is 18.3. The summed E-state index contributed by atoms with van der Waals surface area (Å²) in [5.74, 6) is 2.14. The van der Waals surface area contributed by atoms with Crippen molar-refractivity contribution in [3.05, 3.63) is 71.5 Å². The quantitative estimate of drug-likeness (QED) is 0.515. The number of furan rings is 1. The molecule has 0 aliphatic carbocycles. The summed E-state index contributed by atoms with van der Waals surface area (Å²) in [5.41, 5.74) is 2.92. The normalized spacial score (nSPS) is 10.9. The summed E-state index contributed by atoms with van der Waals surface area (Å²) in [6, 6.07) is 17.6. The van der Waals surface area contributed by atoms with Crippen molar-refractivity contribution < 1.29 is 13.9 Å². The lowest BCUT2D eigenvalue weighted by Crippen LogP contribution is -2.24. The number of hydrogen-bond donors (Lipinski definition) is 1. The largest absolute Gasteiger partial charge is 0.496 e. The minimum Gasteiger partial charge on any atom is -0.496 e. The summed E-state index contributed by atoms with van der Waals surface area (Å²) in [6.45, 7) is 2.31. The number of thiazole rings is 1. The smallest absolute Gasteiger partial charge is 0.224 e. The molecule has 0 spiro atoms. The molecule has 0 aliphatic rings. The van der Waals surface area contributed by atoms with Gasteiger partial charge in [0, 0.05) is 0 Å². The molecule has 142 valence electrons. The standard InChI is InChI=1S/C22H20N2O3S/c1-14-7-8-15(11-19(14)26-2)12-21(25)23-13-16-9-10-18(27-16)22-24-17-5-3-4-6-20(17)28-22/h3-11H,12-13H2,1-2H3,(H,23,25). The zero-order chi connectivity index (χ0) is 19.5. The van der Waals surface area contributed by atoms with E-state index in [-0.39, 0.29) is 5.91 Å². The second-order valence-corrected chi connectivity index (χ2v) is 7.54. The van der Waals surface area contributed by atoms with E-state index in [1.54, 1.807) is 18.4 Å². The van der Waals surface area contributed by atoms with Gasteiger partial charge in [-0.1, -0.05) is 24.3 Å². The number of methoxy groups -OCH3 is 1. The SMILES string of the molecule is COc1cc(CC(=O)NCc2ccc(-c3nc4ccccc4s3)o2)ccc1C. The number of rotatable bonds is 6. The number of aryl methyl sites for hydroxylation is 1. The van der Waals surface area contributed by atoms with Gasteiger partial charge < -0.3 is 14.5 Å². The molecule has 1 N–H and O–H groups in total. The predicted molar refractivity (Wildman–Crippen MR) is 111 cm³/mol. The Morgan fingerprint density at radius 2 is 2.04 bits per heavy atom. The Morgan fingerprint density at radius 3 is 2.86 bits per heavy atom. The Bertz CT molecular complexity index is 1100. The van der Waals surface area contributed by atoms with Crippen molar-refractivity contribution in [1.82, 2.24) is 10.3 Å². The van der Waals surface area contributed by atoms with Crippen LogP contribution in [0.25, 0.3) is 21.0 Å². The fourth-order valence-electron chi connectivity index (χ4n) is 2.97. The van der Waals surface area contributed by atoms with Crippen LogP contribution in [0.5, 0.6) is 5.75 Å². The third-order valence-corrected chi connectivity index (χ3v) is 5.51. The van der Waals surface area contributed by atoms with Gasteiger partial charge in [0.15, 0.2) is 10.8 Å². The van der Waals surface area contributed by atoms with Crippen LogP contribution >= 0.6 is 11.3 Å². The third-order valence-electron chi connectivity index (χ3n) is 4.46. The Kier molecular flexibility index (Phi) is 5.12. The Labute approximate surface area is 167 Å². The number of aromatic nitrogens is 1. The first-order valence-corrected chi connectivity index (χ1v) is 9.79. The second kappa shape index (κ2) is 7.86. The van der Waals surface area contributed by atoms with Crippen LogP contribution in [0.1, 0.15) is 16.9 Å². The van der Waals surface area contributed by atoms with Crippen LogP contribution in [-0.2, 0) is 17.8 Å². The number of hydrogen-bond acceptors (Lipinski definition) is 5. The van der Waals surface area contributed by atoms with Gasteiger partial charge in [0.25, 0.3) is 0 Å². The molecule has 6 heteroatoms. The zero-order valence-electron chi connectivity index (χ0n) is 15.7. The van der Waals surface area contributed by atoms with E-state index < -0.39 is 0 Å². The number of ether oxygens (including phenoxy) is 1. The summed E-state index contributed by atoms with van der Waals surface area (Å²) >= 11 is 1.59. The third kappa shape index (κ3) is 3.92. The van der Waals surface area contributed by atoms with Crippen molar-refractivity contribution in [2.75, 3.05) is 7.11 Å². The molecule has 4 rings (SSSR count). The van der Waals surface area contributed by atoms with Gasteiger partial charge >= 0.3 is 0 Å². The Balaban J connectivity index is 1.38. The summed E-state index contributed by atoms with van der Waals surface area (Å²) in [6.07, 6.45) is 0.294. The van der Waals surface area contributed by atoms with Crippen LogP contribution in [0, 0.1) is 6.92 Å². The van der Waals surface area contributed by atoms with Crippen molar-refractivity contribution in [1.29, 1.82) is 0 Å². The molecule has 0 fully saturated rings. The number of amides is 1. The molecule has 0 bridgehead atoms. The number of carbonyl (C=O) groups excluding carboxylic acids is 1. The molecular formula is C22H20N2O3S. The maximum atomic E-state index is 12.3. The van der Waals surface area contributed by atoms with Crippen molar-refractivity contribution in [2.45, 2.75) is 19.9 Å². The highest BCUT2D eigenvalue weighted by molar-refractivity contribution is 7.21. The van der Waals surface area contributed by atoms with Gasteiger partial charge in [0.05, 0.1) is 30.3 Å². The molecule has 0 unspecified atom stereocenters. The van der Waals surface area contributed by atoms with E-state index in [1.165, 1.54) is 0 Å². The van der Waals surface area contributed by atoms with Gasteiger partial charge in [-0.15, -0.1) is 11.3 Å². The van der Waals surface area contributed by atoms with E-state index in [4.69, 9.17) is 9.15 Å². The molecule has 1 amide bonds. The lowest BCUT2D eigenvalue weighted by atomic mass is 10.1. The molecule has 4 aromatic rings. The zero-order valence-corrected chi connectivity index (χ0v) is 16.5. The Morgan fingerprint density at radius 1 is 1.18 bits per heavy atom. The van der Waals surface area contributed by atoms with Crippen LogP contribution in [0.2, 0.25) is 0 Å². The summed E-state index contributed by atoms with van der Waals surface area (Å²) in [5, 5.41) is 3.74. The highest BCUT2D eigenvalue weighted by atomic mass is 32.1. The molecule has 28 heavy (non-hydrogen) atoms. The molecule has 0 aliphatic heterocycles. The van der Waals surface area contributed by atoms with Crippen LogP contribution < -0.4 is 10.1 Å². The molecule has 0 radical (unpaired) electrons. The molecule has 5 nitrogen and oxygen atoms in total. The average molecular weight is 392 g/mol. The molecule has 2 aromatic carbocycles. The average Bonchev–Trinajstić information content (AvgIpc) is 3.34. The van der Waals surface area contributed by atoms with Gasteiger partial charge in [-0.05, 0) is 48.4 Å². The predicted octanol–water partition coefficient (Wildman–Crippen LogP) is 4.73. The van der Waals surface area contributed by atoms with Crippen molar-refractivity contribution in [2.24, 2.45) is 0 Å². The lowest BCUT2D eigenvalue weighted by Gasteiger charge is -2.08. The lowest BCUT2D eigenvalue weighted by molar-refractivity contribution is -0.120. The van der Waals surface area contributed by atoms with E-state index in [1.807, 2.05) is 61.5 Å². The van der Waals surface area contributed by atoms with Gasteiger partial charge in [0.2, 0.25) is 5.91 Å². The molecule has 2 heterocycles. The Hall–Kier alpha value is -3.12. The topological polar surface area (TPSA) is 64.4 Å². The highest BCUT2D eigenvalue weighted by Gasteiger charge is 2.12. The van der Waals surface area contributed by atoms with Gasteiger partial charge in [-0.2, -0.15) is 0 Å². The van der Waals surface area contributed by atoms with Crippen molar-refractivity contribution in [3.63, 3.8) is 0 Å². The van der Waals surface area contributed by atoms with Gasteiger partial charge in [0.1, 0.15) is 11.5 Å². The first-order valence-electron chi connectivity index (χ1n) is 8.97. The fraction of sp³-hybridized carbons (Fsp3) is 0.182. The fourth-order valence-corrected chi connectivity index (χ4v) is 3.90. The number of para-hydroxylation sites is 1. The van der Waals surface area contributed by atoms with Gasteiger partial charge in [-0.25, -0.2) is 4.98 Å². The van der Waals surface area contributed by atoms with Gasteiger partial charge in [-0.3, -0.25) is 4.79 Å². The van der Waals surface area contributed by atoms with E-state index >= 15 is 0 Å². The van der Waals surface area contributed by atoms with Crippen LogP contribution in [-0.4, -0.2) is 18.0 Å². The molecule has 0 saturated carbocycles.